The summed E-state index contributed by atoms with van der Waals surface area (Å²) in [6.07, 6.45) is 2.84. The van der Waals surface area contributed by atoms with Gasteiger partial charge in [0.2, 0.25) is 0 Å². The Bertz CT molecular complexity index is 547. The zero-order valence-corrected chi connectivity index (χ0v) is 13.7. The van der Waals surface area contributed by atoms with E-state index in [-0.39, 0.29) is 43.2 Å². The maximum Gasteiger partial charge on any atom is 0.333 e. The predicted molar refractivity (Wildman–Crippen MR) is 81.2 cm³/mol. The fourth-order valence-electron chi connectivity index (χ4n) is 4.59. The molecule has 128 valence electrons. The Labute approximate surface area is 135 Å². The van der Waals surface area contributed by atoms with Gasteiger partial charge < -0.3 is 24.4 Å². The second kappa shape index (κ2) is 5.41. The van der Waals surface area contributed by atoms with Crippen molar-refractivity contribution in [2.75, 3.05) is 20.3 Å². The molecule has 3 aliphatic carbocycles. The summed E-state index contributed by atoms with van der Waals surface area (Å²) in [4.78, 5) is 12.2. The van der Waals surface area contributed by atoms with Crippen LogP contribution < -0.4 is 0 Å². The normalized spacial score (nSPS) is 39.5. The summed E-state index contributed by atoms with van der Waals surface area (Å²) in [5.74, 6) is -2.22. The van der Waals surface area contributed by atoms with Crippen LogP contribution in [0, 0.1) is 23.2 Å². The lowest BCUT2D eigenvalue weighted by Crippen LogP contribution is -2.63. The number of aliphatic hydroxyl groups is 2. The molecule has 1 heterocycles. The van der Waals surface area contributed by atoms with Crippen molar-refractivity contribution in [3.63, 3.8) is 0 Å². The number of methoxy groups -OCH3 is 1. The molecule has 0 spiro atoms. The highest BCUT2D eigenvalue weighted by atomic mass is 16.8. The van der Waals surface area contributed by atoms with Gasteiger partial charge in [-0.2, -0.15) is 0 Å². The first-order valence-corrected chi connectivity index (χ1v) is 7.85. The molecule has 0 aromatic heterocycles. The predicted octanol–water partition coefficient (Wildman–Crippen LogP) is 0.639. The Morgan fingerprint density at radius 1 is 1.35 bits per heavy atom. The van der Waals surface area contributed by atoms with Gasteiger partial charge in [-0.3, -0.25) is 0 Å². The van der Waals surface area contributed by atoms with E-state index in [4.69, 9.17) is 14.2 Å². The first-order chi connectivity index (χ1) is 10.8. The van der Waals surface area contributed by atoms with Gasteiger partial charge in [0, 0.05) is 22.8 Å². The van der Waals surface area contributed by atoms with E-state index in [2.05, 4.69) is 6.58 Å². The molecule has 2 bridgehead atoms. The molecule has 0 aromatic rings. The molecule has 2 fully saturated rings. The van der Waals surface area contributed by atoms with Gasteiger partial charge in [0.1, 0.15) is 0 Å². The van der Waals surface area contributed by atoms with E-state index in [1.807, 2.05) is 13.8 Å². The summed E-state index contributed by atoms with van der Waals surface area (Å²) < 4.78 is 17.0. The highest BCUT2D eigenvalue weighted by Gasteiger charge is 2.66. The third-order valence-electron chi connectivity index (χ3n) is 5.57. The van der Waals surface area contributed by atoms with Crippen molar-refractivity contribution in [2.24, 2.45) is 23.2 Å². The SMILES string of the molecule is C=CC1C2C(C(=O)OC)=CC(C3OC(C)(C)OC32)C1(CO)CO. The Hall–Kier alpha value is -1.21. The van der Waals surface area contributed by atoms with Crippen LogP contribution in [0.3, 0.4) is 0 Å². The molecule has 4 rings (SSSR count). The van der Waals surface area contributed by atoms with Crippen molar-refractivity contribution >= 4 is 5.97 Å². The minimum atomic E-state index is -0.825. The molecule has 1 saturated carbocycles. The molecule has 4 aliphatic rings. The van der Waals surface area contributed by atoms with Crippen LogP contribution in [0.2, 0.25) is 0 Å². The molecule has 0 radical (unpaired) electrons. The molecule has 5 atom stereocenters. The molecule has 1 saturated heterocycles. The summed E-state index contributed by atoms with van der Waals surface area (Å²) in [6, 6.07) is 0. The van der Waals surface area contributed by atoms with Gasteiger partial charge in [0.25, 0.3) is 0 Å². The average molecular weight is 324 g/mol. The fraction of sp³-hybridized carbons (Fsp3) is 0.706. The van der Waals surface area contributed by atoms with Crippen molar-refractivity contribution in [3.05, 3.63) is 24.3 Å². The lowest BCUT2D eigenvalue weighted by atomic mass is 9.49. The van der Waals surface area contributed by atoms with E-state index in [1.54, 1.807) is 12.2 Å². The van der Waals surface area contributed by atoms with Crippen LogP contribution in [-0.2, 0) is 19.0 Å². The van der Waals surface area contributed by atoms with Gasteiger partial charge in [-0.15, -0.1) is 6.58 Å². The van der Waals surface area contributed by atoms with Crippen LogP contribution in [-0.4, -0.2) is 54.5 Å². The standard InChI is InChI=1S/C17H24O6/c1-5-10-12-9(15(20)21-4)6-11(17(10,7-18)8-19)13-14(12)23-16(2,3)22-13/h5-6,10-14,18-19H,1,7-8H2,2-4H3. The molecule has 5 unspecified atom stereocenters. The number of esters is 1. The van der Waals surface area contributed by atoms with Crippen LogP contribution in [0.1, 0.15) is 13.8 Å². The molecule has 1 aliphatic heterocycles. The highest BCUT2D eigenvalue weighted by molar-refractivity contribution is 5.90. The summed E-state index contributed by atoms with van der Waals surface area (Å²) in [7, 11) is 1.34. The van der Waals surface area contributed by atoms with E-state index in [0.29, 0.717) is 5.57 Å². The Morgan fingerprint density at radius 2 is 1.96 bits per heavy atom. The van der Waals surface area contributed by atoms with Crippen molar-refractivity contribution in [2.45, 2.75) is 31.8 Å². The molecule has 2 N–H and O–H groups in total. The van der Waals surface area contributed by atoms with Crippen LogP contribution in [0.5, 0.6) is 0 Å². The van der Waals surface area contributed by atoms with Gasteiger partial charge in [-0.25, -0.2) is 4.79 Å². The van der Waals surface area contributed by atoms with Gasteiger partial charge >= 0.3 is 5.97 Å². The topological polar surface area (TPSA) is 85.2 Å². The van der Waals surface area contributed by atoms with E-state index in [1.165, 1.54) is 7.11 Å². The number of carbonyl (C=O) groups is 1. The van der Waals surface area contributed by atoms with Crippen molar-refractivity contribution < 1.29 is 29.2 Å². The quantitative estimate of drug-likeness (QED) is 0.583. The summed E-state index contributed by atoms with van der Waals surface area (Å²) in [5.41, 5.74) is -0.308. The largest absolute Gasteiger partial charge is 0.466 e. The maximum absolute atomic E-state index is 12.2. The van der Waals surface area contributed by atoms with E-state index in [9.17, 15) is 15.0 Å². The highest BCUT2D eigenvalue weighted by Crippen LogP contribution is 2.60. The van der Waals surface area contributed by atoms with Crippen molar-refractivity contribution in [1.82, 2.24) is 0 Å². The Kier molecular flexibility index (Phi) is 3.92. The van der Waals surface area contributed by atoms with Gasteiger partial charge in [0.15, 0.2) is 5.79 Å². The zero-order chi connectivity index (χ0) is 17.0. The first-order valence-electron chi connectivity index (χ1n) is 7.85. The lowest BCUT2D eigenvalue weighted by Gasteiger charge is -2.57. The number of hydrogen-bond donors (Lipinski definition) is 2. The molecular weight excluding hydrogens is 300 g/mol. The monoisotopic (exact) mass is 324 g/mol. The number of allylic oxidation sites excluding steroid dienone is 1. The van der Waals surface area contributed by atoms with E-state index >= 15 is 0 Å². The minimum Gasteiger partial charge on any atom is -0.466 e. The van der Waals surface area contributed by atoms with Crippen LogP contribution >= 0.6 is 0 Å². The molecule has 23 heavy (non-hydrogen) atoms. The summed E-state index contributed by atoms with van der Waals surface area (Å²) >= 11 is 0. The second-order valence-corrected chi connectivity index (χ2v) is 7.04. The molecule has 0 amide bonds. The van der Waals surface area contributed by atoms with Crippen molar-refractivity contribution in [3.8, 4) is 0 Å². The third kappa shape index (κ3) is 2.12. The number of carbonyl (C=O) groups excluding carboxylic acids is 1. The third-order valence-corrected chi connectivity index (χ3v) is 5.57. The number of fused-ring (bicyclic) bond motifs is 1. The molecule has 6 heteroatoms. The minimum absolute atomic E-state index is 0.223. The molecular formula is C17H24O6. The summed E-state index contributed by atoms with van der Waals surface area (Å²) in [6.45, 7) is 7.07. The number of rotatable bonds is 4. The molecule has 0 aromatic carbocycles. The fourth-order valence-corrected chi connectivity index (χ4v) is 4.59. The zero-order valence-electron chi connectivity index (χ0n) is 13.7. The Morgan fingerprint density at radius 3 is 2.48 bits per heavy atom. The van der Waals surface area contributed by atoms with Crippen LogP contribution in [0.15, 0.2) is 24.3 Å². The van der Waals surface area contributed by atoms with Crippen molar-refractivity contribution in [1.29, 1.82) is 0 Å². The number of aliphatic hydroxyl groups excluding tert-OH is 2. The van der Waals surface area contributed by atoms with E-state index < -0.39 is 17.2 Å². The van der Waals surface area contributed by atoms with Gasteiger partial charge in [-0.05, 0) is 19.8 Å². The summed E-state index contributed by atoms with van der Waals surface area (Å²) in [5, 5.41) is 20.1. The smallest absolute Gasteiger partial charge is 0.333 e. The number of hydrogen-bond acceptors (Lipinski definition) is 6. The second-order valence-electron chi connectivity index (χ2n) is 7.04. The van der Waals surface area contributed by atoms with E-state index in [0.717, 1.165) is 0 Å². The average Bonchev–Trinajstić information content (AvgIpc) is 2.88. The first kappa shape index (κ1) is 16.6. The van der Waals surface area contributed by atoms with Crippen LogP contribution in [0.25, 0.3) is 0 Å². The van der Waals surface area contributed by atoms with Gasteiger partial charge in [0.05, 0.1) is 32.5 Å². The number of ether oxygens (including phenoxy) is 3. The lowest BCUT2D eigenvalue weighted by molar-refractivity contribution is -0.152. The van der Waals surface area contributed by atoms with Crippen LogP contribution in [0.4, 0.5) is 0 Å². The Balaban J connectivity index is 2.15. The maximum atomic E-state index is 12.2. The van der Waals surface area contributed by atoms with Gasteiger partial charge in [-0.1, -0.05) is 12.2 Å². The molecule has 6 nitrogen and oxygen atoms in total.